The zero-order valence-electron chi connectivity index (χ0n) is 17.9. The number of carbonyl (C=O) groups is 2. The van der Waals surface area contributed by atoms with Crippen LogP contribution in [0.3, 0.4) is 0 Å². The van der Waals surface area contributed by atoms with Crippen molar-refractivity contribution < 1.29 is 23.8 Å². The van der Waals surface area contributed by atoms with E-state index in [0.29, 0.717) is 28.3 Å². The van der Waals surface area contributed by atoms with Gasteiger partial charge in [-0.05, 0) is 24.1 Å². The molecule has 1 N–H and O–H groups in total. The molecule has 0 fully saturated rings. The minimum atomic E-state index is -0.688. The maximum absolute atomic E-state index is 13.6. The molecule has 0 spiro atoms. The summed E-state index contributed by atoms with van der Waals surface area (Å²) < 4.78 is 11.1. The number of ether oxygens (including phenoxy) is 1. The molecule has 166 valence electrons. The lowest BCUT2D eigenvalue weighted by atomic mass is 9.95. The first-order valence-corrected chi connectivity index (χ1v) is 10.9. The summed E-state index contributed by atoms with van der Waals surface area (Å²) in [5, 5.41) is 11.8. The molecule has 1 atom stereocenters. The van der Waals surface area contributed by atoms with Crippen LogP contribution in [-0.4, -0.2) is 35.4 Å². The standard InChI is InChI=1S/C25H24ClNO5/c1-3-4-8-11-27-21(15-9-6-5-7-10-15)20(23(29)25(27)30)22(28)18-13-16-12-17(26)14-19(31-2)24(16)32-18/h5-7,9-10,12-14,21,29H,3-4,8,11H2,1-2H3. The lowest BCUT2D eigenvalue weighted by molar-refractivity contribution is -0.129. The zero-order chi connectivity index (χ0) is 22.8. The van der Waals surface area contributed by atoms with Gasteiger partial charge in [0.05, 0.1) is 18.7 Å². The van der Waals surface area contributed by atoms with Crippen molar-refractivity contribution in [1.29, 1.82) is 0 Å². The molecule has 1 amide bonds. The first-order chi connectivity index (χ1) is 15.5. The lowest BCUT2D eigenvalue weighted by Crippen LogP contribution is -2.32. The number of hydrogen-bond acceptors (Lipinski definition) is 5. The van der Waals surface area contributed by atoms with Gasteiger partial charge in [-0.3, -0.25) is 9.59 Å². The third-order valence-corrected chi connectivity index (χ3v) is 5.88. The van der Waals surface area contributed by atoms with Gasteiger partial charge >= 0.3 is 0 Å². The Morgan fingerprint density at radius 1 is 1.19 bits per heavy atom. The number of amides is 1. The molecule has 0 saturated carbocycles. The van der Waals surface area contributed by atoms with Gasteiger partial charge in [0, 0.05) is 23.0 Å². The smallest absolute Gasteiger partial charge is 0.290 e. The SMILES string of the molecule is CCCCCN1C(=O)C(O)=C(C(=O)c2cc3cc(Cl)cc(OC)c3o2)C1c1ccccc1. The van der Waals surface area contributed by atoms with Crippen molar-refractivity contribution in [3.8, 4) is 5.75 Å². The van der Waals surface area contributed by atoms with Crippen LogP contribution < -0.4 is 4.74 Å². The van der Waals surface area contributed by atoms with E-state index in [4.69, 9.17) is 20.8 Å². The quantitative estimate of drug-likeness (QED) is 0.341. The number of halogens is 1. The summed E-state index contributed by atoms with van der Waals surface area (Å²) in [6, 6.07) is 13.4. The maximum atomic E-state index is 13.6. The van der Waals surface area contributed by atoms with Gasteiger partial charge in [-0.25, -0.2) is 0 Å². The molecule has 1 aliphatic rings. The van der Waals surface area contributed by atoms with Crippen molar-refractivity contribution in [3.63, 3.8) is 0 Å². The Morgan fingerprint density at radius 3 is 2.62 bits per heavy atom. The van der Waals surface area contributed by atoms with Crippen LogP contribution in [0.25, 0.3) is 11.0 Å². The minimum Gasteiger partial charge on any atom is -0.503 e. The van der Waals surface area contributed by atoms with Crippen molar-refractivity contribution in [2.45, 2.75) is 32.2 Å². The number of hydrogen-bond donors (Lipinski definition) is 1. The number of furan rings is 1. The van der Waals surface area contributed by atoms with E-state index in [1.807, 2.05) is 30.3 Å². The first-order valence-electron chi connectivity index (χ1n) is 10.6. The van der Waals surface area contributed by atoms with Crippen LogP contribution in [0, 0.1) is 0 Å². The van der Waals surface area contributed by atoms with Gasteiger partial charge in [0.1, 0.15) is 0 Å². The summed E-state index contributed by atoms with van der Waals surface area (Å²) in [6.45, 7) is 2.52. The Morgan fingerprint density at radius 2 is 1.94 bits per heavy atom. The van der Waals surface area contributed by atoms with E-state index < -0.39 is 23.5 Å². The number of Topliss-reactive ketones (excluding diaryl/α,β-unsaturated/α-hetero) is 1. The van der Waals surface area contributed by atoms with E-state index in [1.54, 1.807) is 23.1 Å². The van der Waals surface area contributed by atoms with Gasteiger partial charge in [0.2, 0.25) is 5.78 Å². The van der Waals surface area contributed by atoms with E-state index in [-0.39, 0.29) is 11.3 Å². The maximum Gasteiger partial charge on any atom is 0.290 e. The fourth-order valence-electron chi connectivity index (χ4n) is 4.11. The number of rotatable bonds is 8. The molecule has 1 aromatic heterocycles. The average Bonchev–Trinajstić information content (AvgIpc) is 3.33. The van der Waals surface area contributed by atoms with Crippen molar-refractivity contribution in [1.82, 2.24) is 4.90 Å². The second kappa shape index (κ2) is 9.09. The van der Waals surface area contributed by atoms with E-state index >= 15 is 0 Å². The van der Waals surface area contributed by atoms with Crippen LogP contribution in [0.5, 0.6) is 5.75 Å². The Bertz CT molecular complexity index is 1200. The molecule has 7 heteroatoms. The molecular weight excluding hydrogens is 430 g/mol. The summed E-state index contributed by atoms with van der Waals surface area (Å²) in [5.41, 5.74) is 1.14. The molecule has 2 heterocycles. The summed E-state index contributed by atoms with van der Waals surface area (Å²) in [5.74, 6) is -1.22. The minimum absolute atomic E-state index is 0.00579. The molecule has 4 rings (SSSR count). The molecule has 3 aromatic rings. The topological polar surface area (TPSA) is 80.0 Å². The summed E-state index contributed by atoms with van der Waals surface area (Å²) in [4.78, 5) is 28.1. The van der Waals surface area contributed by atoms with Gasteiger partial charge in [0.15, 0.2) is 22.9 Å². The zero-order valence-corrected chi connectivity index (χ0v) is 18.7. The average molecular weight is 454 g/mol. The van der Waals surface area contributed by atoms with Gasteiger partial charge in [-0.15, -0.1) is 0 Å². The molecule has 0 bridgehead atoms. The van der Waals surface area contributed by atoms with Crippen LogP contribution >= 0.6 is 11.6 Å². The van der Waals surface area contributed by atoms with Crippen molar-refractivity contribution in [3.05, 3.63) is 76.2 Å². The van der Waals surface area contributed by atoms with E-state index in [1.165, 1.54) is 7.11 Å². The fourth-order valence-corrected chi connectivity index (χ4v) is 4.33. The number of methoxy groups -OCH3 is 1. The molecule has 1 aliphatic heterocycles. The molecule has 0 radical (unpaired) electrons. The number of aliphatic hydroxyl groups excluding tert-OH is 1. The van der Waals surface area contributed by atoms with E-state index in [2.05, 4.69) is 6.92 Å². The highest BCUT2D eigenvalue weighted by molar-refractivity contribution is 6.31. The van der Waals surface area contributed by atoms with Gasteiger partial charge in [0.25, 0.3) is 5.91 Å². The van der Waals surface area contributed by atoms with E-state index in [0.717, 1.165) is 24.8 Å². The molecule has 0 aliphatic carbocycles. The van der Waals surface area contributed by atoms with Crippen LogP contribution in [0.15, 0.2) is 64.3 Å². The molecule has 0 saturated heterocycles. The van der Waals surface area contributed by atoms with Crippen molar-refractivity contribution in [2.75, 3.05) is 13.7 Å². The molecule has 2 aromatic carbocycles. The third kappa shape index (κ3) is 3.86. The predicted octanol–water partition coefficient (Wildman–Crippen LogP) is 5.86. The molecular formula is C25H24ClNO5. The largest absolute Gasteiger partial charge is 0.503 e. The summed E-state index contributed by atoms with van der Waals surface area (Å²) in [7, 11) is 1.48. The number of nitrogens with zero attached hydrogens (tertiary/aromatic N) is 1. The second-order valence-corrected chi connectivity index (χ2v) is 8.18. The predicted molar refractivity (Wildman–Crippen MR) is 122 cm³/mol. The number of benzene rings is 2. The van der Waals surface area contributed by atoms with Crippen LogP contribution in [0.2, 0.25) is 5.02 Å². The second-order valence-electron chi connectivity index (χ2n) is 7.75. The molecule has 6 nitrogen and oxygen atoms in total. The van der Waals surface area contributed by atoms with Crippen molar-refractivity contribution in [2.24, 2.45) is 0 Å². The van der Waals surface area contributed by atoms with Gasteiger partial charge in [-0.2, -0.15) is 0 Å². The highest BCUT2D eigenvalue weighted by Crippen LogP contribution is 2.40. The summed E-state index contributed by atoms with van der Waals surface area (Å²) in [6.07, 6.45) is 2.72. The normalized spacial score (nSPS) is 16.3. The van der Waals surface area contributed by atoms with Crippen molar-refractivity contribution >= 4 is 34.3 Å². The fraction of sp³-hybridized carbons (Fsp3) is 0.280. The first kappa shape index (κ1) is 22.0. The summed E-state index contributed by atoms with van der Waals surface area (Å²) >= 11 is 6.14. The number of ketones is 1. The number of aliphatic hydroxyl groups is 1. The van der Waals surface area contributed by atoms with E-state index in [9.17, 15) is 14.7 Å². The van der Waals surface area contributed by atoms with Gasteiger partial charge < -0.3 is 19.2 Å². The Labute approximate surface area is 191 Å². The Hall–Kier alpha value is -3.25. The Balaban J connectivity index is 1.78. The highest BCUT2D eigenvalue weighted by atomic mass is 35.5. The number of fused-ring (bicyclic) bond motifs is 1. The third-order valence-electron chi connectivity index (χ3n) is 5.66. The highest BCUT2D eigenvalue weighted by Gasteiger charge is 2.44. The Kier molecular flexibility index (Phi) is 6.24. The van der Waals surface area contributed by atoms with Crippen LogP contribution in [-0.2, 0) is 4.79 Å². The number of unbranched alkanes of at least 4 members (excludes halogenated alkanes) is 2. The molecule has 32 heavy (non-hydrogen) atoms. The van der Waals surface area contributed by atoms with Gasteiger partial charge in [-0.1, -0.05) is 61.7 Å². The van der Waals surface area contributed by atoms with Crippen LogP contribution in [0.4, 0.5) is 0 Å². The molecule has 1 unspecified atom stereocenters. The monoisotopic (exact) mass is 453 g/mol. The lowest BCUT2D eigenvalue weighted by Gasteiger charge is -2.26. The number of carbonyl (C=O) groups excluding carboxylic acids is 2. The van der Waals surface area contributed by atoms with Crippen LogP contribution in [0.1, 0.15) is 48.3 Å².